The molecule has 1 aliphatic rings. The number of aliphatic hydroxyl groups is 1. The average molecular weight is 513 g/mol. The lowest BCUT2D eigenvalue weighted by Gasteiger charge is -2.25. The number of carbonyl (C=O) groups is 1. The van der Waals surface area contributed by atoms with Gasteiger partial charge in [-0.3, -0.25) is 4.79 Å². The Balaban J connectivity index is 0.00000361. The number of hydrogen-bond donors (Lipinski definition) is 2. The van der Waals surface area contributed by atoms with Crippen LogP contribution >= 0.6 is 12.4 Å². The Hall–Kier alpha value is -3.52. The molecular weight excluding hydrogens is 484 g/mol. The SMILES string of the molecule is CC(C)Oc1ncc(-c2nc(-c3ccc4c(c3)CCN(C(=O)[C@H](N)[C@H](C)O)CC4)no2)cc1C#N.Cl. The van der Waals surface area contributed by atoms with E-state index in [2.05, 4.69) is 21.2 Å². The van der Waals surface area contributed by atoms with E-state index in [0.717, 1.165) is 16.7 Å². The first kappa shape index (κ1) is 27.1. The van der Waals surface area contributed by atoms with Gasteiger partial charge in [-0.2, -0.15) is 10.2 Å². The molecule has 10 nitrogen and oxygen atoms in total. The van der Waals surface area contributed by atoms with E-state index in [0.29, 0.717) is 37.3 Å². The van der Waals surface area contributed by atoms with Crippen LogP contribution in [0.4, 0.5) is 0 Å². The fourth-order valence-electron chi connectivity index (χ4n) is 3.93. The molecule has 2 aromatic heterocycles. The monoisotopic (exact) mass is 512 g/mol. The fourth-order valence-corrected chi connectivity index (χ4v) is 3.93. The number of amides is 1. The van der Waals surface area contributed by atoms with Crippen molar-refractivity contribution in [2.24, 2.45) is 5.73 Å². The molecule has 0 saturated heterocycles. The van der Waals surface area contributed by atoms with Gasteiger partial charge in [0, 0.05) is 24.8 Å². The van der Waals surface area contributed by atoms with Gasteiger partial charge < -0.3 is 25.0 Å². The van der Waals surface area contributed by atoms with E-state index in [1.54, 1.807) is 11.0 Å². The molecule has 36 heavy (non-hydrogen) atoms. The van der Waals surface area contributed by atoms with Crippen LogP contribution < -0.4 is 10.5 Å². The van der Waals surface area contributed by atoms with Gasteiger partial charge >= 0.3 is 0 Å². The number of nitrogens with zero attached hydrogens (tertiary/aromatic N) is 5. The number of aliphatic hydroxyl groups excluding tert-OH is 1. The molecule has 0 radical (unpaired) electrons. The van der Waals surface area contributed by atoms with E-state index in [-0.39, 0.29) is 41.8 Å². The highest BCUT2D eigenvalue weighted by Crippen LogP contribution is 2.28. The van der Waals surface area contributed by atoms with Crippen molar-refractivity contribution >= 4 is 18.3 Å². The van der Waals surface area contributed by atoms with Gasteiger partial charge in [0.05, 0.1) is 17.8 Å². The van der Waals surface area contributed by atoms with Crippen molar-refractivity contribution < 1.29 is 19.2 Å². The first-order valence-electron chi connectivity index (χ1n) is 11.5. The van der Waals surface area contributed by atoms with E-state index in [9.17, 15) is 15.2 Å². The highest BCUT2D eigenvalue weighted by atomic mass is 35.5. The largest absolute Gasteiger partial charge is 0.474 e. The normalized spacial score (nSPS) is 14.8. The summed E-state index contributed by atoms with van der Waals surface area (Å²) in [5, 5.41) is 23.2. The molecule has 4 rings (SSSR count). The summed E-state index contributed by atoms with van der Waals surface area (Å²) in [6.45, 7) is 6.30. The second-order valence-electron chi connectivity index (χ2n) is 8.85. The summed E-state index contributed by atoms with van der Waals surface area (Å²) in [4.78, 5) is 23.0. The Bertz CT molecular complexity index is 1270. The topological polar surface area (TPSA) is 151 Å². The van der Waals surface area contributed by atoms with E-state index in [1.165, 1.54) is 13.1 Å². The van der Waals surface area contributed by atoms with Crippen LogP contribution in [0.1, 0.15) is 37.5 Å². The van der Waals surface area contributed by atoms with Crippen molar-refractivity contribution in [2.75, 3.05) is 13.1 Å². The number of pyridine rings is 1. The van der Waals surface area contributed by atoms with Crippen molar-refractivity contribution in [3.63, 3.8) is 0 Å². The summed E-state index contributed by atoms with van der Waals surface area (Å²) in [5.41, 5.74) is 9.68. The maximum atomic E-state index is 12.6. The molecule has 190 valence electrons. The van der Waals surface area contributed by atoms with E-state index in [1.807, 2.05) is 32.0 Å². The van der Waals surface area contributed by atoms with Crippen molar-refractivity contribution in [1.29, 1.82) is 5.26 Å². The number of rotatable bonds is 6. The first-order chi connectivity index (χ1) is 16.8. The van der Waals surface area contributed by atoms with Crippen LogP contribution in [0.15, 0.2) is 35.0 Å². The number of carbonyl (C=O) groups excluding carboxylic acids is 1. The first-order valence-corrected chi connectivity index (χ1v) is 11.5. The summed E-state index contributed by atoms with van der Waals surface area (Å²) in [6.07, 6.45) is 1.88. The third-order valence-corrected chi connectivity index (χ3v) is 5.88. The van der Waals surface area contributed by atoms with Crippen LogP contribution in [0.5, 0.6) is 5.88 Å². The minimum atomic E-state index is -0.924. The number of nitriles is 1. The number of hydrogen-bond acceptors (Lipinski definition) is 9. The predicted molar refractivity (Wildman–Crippen MR) is 134 cm³/mol. The molecule has 11 heteroatoms. The Kier molecular flexibility index (Phi) is 8.63. The highest BCUT2D eigenvalue weighted by Gasteiger charge is 2.26. The van der Waals surface area contributed by atoms with Gasteiger partial charge in [-0.05, 0) is 56.9 Å². The third-order valence-electron chi connectivity index (χ3n) is 5.88. The molecule has 0 fully saturated rings. The molecule has 0 saturated carbocycles. The van der Waals surface area contributed by atoms with Crippen molar-refractivity contribution in [2.45, 2.75) is 51.9 Å². The number of aromatic nitrogens is 3. The van der Waals surface area contributed by atoms with Crippen LogP contribution in [-0.4, -0.2) is 62.4 Å². The zero-order valence-electron chi connectivity index (χ0n) is 20.3. The Morgan fingerprint density at radius 2 is 1.92 bits per heavy atom. The van der Waals surface area contributed by atoms with Gasteiger partial charge in [-0.15, -0.1) is 12.4 Å². The second-order valence-corrected chi connectivity index (χ2v) is 8.85. The quantitative estimate of drug-likeness (QED) is 0.507. The molecule has 2 atom stereocenters. The maximum absolute atomic E-state index is 12.6. The number of fused-ring (bicyclic) bond motifs is 1. The van der Waals surface area contributed by atoms with Gasteiger partial charge in [0.25, 0.3) is 5.89 Å². The van der Waals surface area contributed by atoms with Crippen LogP contribution in [-0.2, 0) is 17.6 Å². The van der Waals surface area contributed by atoms with Crippen molar-refractivity contribution in [3.05, 3.63) is 47.2 Å². The minimum Gasteiger partial charge on any atom is -0.474 e. The molecule has 3 N–H and O–H groups in total. The third kappa shape index (κ3) is 5.82. The summed E-state index contributed by atoms with van der Waals surface area (Å²) >= 11 is 0. The second kappa shape index (κ2) is 11.5. The van der Waals surface area contributed by atoms with Crippen LogP contribution in [0.3, 0.4) is 0 Å². The zero-order valence-corrected chi connectivity index (χ0v) is 21.2. The number of nitrogens with two attached hydrogens (primary N) is 1. The van der Waals surface area contributed by atoms with Crippen molar-refractivity contribution in [1.82, 2.24) is 20.0 Å². The van der Waals surface area contributed by atoms with Gasteiger partial charge in [0.2, 0.25) is 17.6 Å². The molecule has 0 spiro atoms. The van der Waals surface area contributed by atoms with Crippen LogP contribution in [0, 0.1) is 11.3 Å². The molecule has 3 heterocycles. The Morgan fingerprint density at radius 3 is 2.58 bits per heavy atom. The lowest BCUT2D eigenvalue weighted by atomic mass is 10.00. The van der Waals surface area contributed by atoms with Crippen LogP contribution in [0.2, 0.25) is 0 Å². The molecule has 1 aliphatic heterocycles. The molecule has 0 bridgehead atoms. The zero-order chi connectivity index (χ0) is 25.1. The molecule has 0 aliphatic carbocycles. The summed E-state index contributed by atoms with van der Waals surface area (Å²) in [5.74, 6) is 0.681. The lowest BCUT2D eigenvalue weighted by Crippen LogP contribution is -2.49. The van der Waals surface area contributed by atoms with E-state index >= 15 is 0 Å². The van der Waals surface area contributed by atoms with E-state index < -0.39 is 12.1 Å². The van der Waals surface area contributed by atoms with Crippen LogP contribution in [0.25, 0.3) is 22.8 Å². The maximum Gasteiger partial charge on any atom is 0.259 e. The molecule has 3 aromatic rings. The van der Waals surface area contributed by atoms with E-state index in [4.69, 9.17) is 15.0 Å². The Labute approximate surface area is 215 Å². The highest BCUT2D eigenvalue weighted by molar-refractivity contribution is 5.85. The minimum absolute atomic E-state index is 0. The predicted octanol–water partition coefficient (Wildman–Crippen LogP) is 2.51. The fraction of sp³-hybridized carbons (Fsp3) is 0.400. The number of benzene rings is 1. The summed E-state index contributed by atoms with van der Waals surface area (Å²) in [6, 6.07) is 8.71. The molecule has 1 amide bonds. The average Bonchev–Trinajstić information content (AvgIpc) is 3.24. The number of ether oxygens (including phenoxy) is 1. The van der Waals surface area contributed by atoms with Gasteiger partial charge in [0.15, 0.2) is 0 Å². The lowest BCUT2D eigenvalue weighted by molar-refractivity contribution is -0.134. The smallest absolute Gasteiger partial charge is 0.259 e. The number of halogens is 1. The standard InChI is InChI=1S/C25H28N6O4.ClH/c1-14(2)34-23-19(12-26)11-20(13-28-23)24-29-22(30-35-24)18-5-4-16-6-8-31(9-7-17(16)10-18)25(33)21(27)15(3)32;/h4-5,10-11,13-15,21,32H,6-9,27H2,1-3H3;1H/t15-,21+;/m0./s1. The molecular formula is C25H29ClN6O4. The summed E-state index contributed by atoms with van der Waals surface area (Å²) in [7, 11) is 0. The summed E-state index contributed by atoms with van der Waals surface area (Å²) < 4.78 is 11.0. The van der Waals surface area contributed by atoms with Gasteiger partial charge in [-0.1, -0.05) is 17.3 Å². The molecule has 1 aromatic carbocycles. The van der Waals surface area contributed by atoms with Gasteiger partial charge in [-0.25, -0.2) is 4.98 Å². The van der Waals surface area contributed by atoms with Crippen molar-refractivity contribution in [3.8, 4) is 34.8 Å². The Morgan fingerprint density at radius 1 is 1.19 bits per heavy atom. The van der Waals surface area contributed by atoms with Gasteiger partial charge in [0.1, 0.15) is 17.7 Å². The molecule has 0 unspecified atom stereocenters.